The third-order valence-corrected chi connectivity index (χ3v) is 4.01. The molecule has 2 atom stereocenters. The quantitative estimate of drug-likeness (QED) is 0.877. The first-order valence-corrected chi connectivity index (χ1v) is 7.98. The standard InChI is InChI=1S/C16H23N5O2/c1-10(2)8-11-9-13(20-19-11)16(22)18-12-4-7-23-14(12)15-17-5-6-21(15)3/h5-6,9-10,12,14H,4,7-8H2,1-3H3,(H,18,22)(H,19,20)/t12-,14-/m0/s1. The maximum Gasteiger partial charge on any atom is 0.272 e. The Morgan fingerprint density at radius 3 is 3.09 bits per heavy atom. The number of nitrogens with zero attached hydrogens (tertiary/aromatic N) is 3. The molecule has 1 saturated heterocycles. The van der Waals surface area contributed by atoms with Crippen LogP contribution < -0.4 is 5.32 Å². The Hall–Kier alpha value is -2.15. The van der Waals surface area contributed by atoms with Crippen molar-refractivity contribution in [2.45, 2.75) is 38.8 Å². The predicted molar refractivity (Wildman–Crippen MR) is 84.9 cm³/mol. The molecule has 7 heteroatoms. The minimum absolute atomic E-state index is 0.0890. The minimum atomic E-state index is -0.215. The van der Waals surface area contributed by atoms with E-state index in [4.69, 9.17) is 4.74 Å². The van der Waals surface area contributed by atoms with Crippen molar-refractivity contribution in [3.05, 3.63) is 35.7 Å². The van der Waals surface area contributed by atoms with Crippen LogP contribution in [0.15, 0.2) is 18.5 Å². The number of hydrogen-bond acceptors (Lipinski definition) is 4. The molecule has 1 aliphatic heterocycles. The summed E-state index contributed by atoms with van der Waals surface area (Å²) in [5.41, 5.74) is 1.40. The van der Waals surface area contributed by atoms with E-state index in [2.05, 4.69) is 34.3 Å². The second kappa shape index (κ2) is 6.54. The molecule has 1 fully saturated rings. The molecular weight excluding hydrogens is 294 g/mol. The van der Waals surface area contributed by atoms with Crippen LogP contribution in [-0.4, -0.2) is 38.3 Å². The van der Waals surface area contributed by atoms with Crippen LogP contribution in [0.3, 0.4) is 0 Å². The van der Waals surface area contributed by atoms with E-state index in [1.54, 1.807) is 6.20 Å². The first-order valence-electron chi connectivity index (χ1n) is 7.98. The zero-order valence-corrected chi connectivity index (χ0v) is 13.7. The van der Waals surface area contributed by atoms with Crippen molar-refractivity contribution in [1.29, 1.82) is 0 Å². The highest BCUT2D eigenvalue weighted by molar-refractivity contribution is 5.92. The van der Waals surface area contributed by atoms with Gasteiger partial charge < -0.3 is 14.6 Å². The summed E-state index contributed by atoms with van der Waals surface area (Å²) < 4.78 is 7.68. The lowest BCUT2D eigenvalue weighted by molar-refractivity contribution is 0.0776. The molecule has 0 aromatic carbocycles. The number of amides is 1. The van der Waals surface area contributed by atoms with Crippen LogP contribution in [0.4, 0.5) is 0 Å². The number of hydrogen-bond donors (Lipinski definition) is 2. The maximum atomic E-state index is 12.4. The fourth-order valence-electron chi connectivity index (χ4n) is 2.91. The lowest BCUT2D eigenvalue weighted by Crippen LogP contribution is -2.37. The normalized spacial score (nSPS) is 21.0. The number of H-pyrrole nitrogens is 1. The van der Waals surface area contributed by atoms with Crippen LogP contribution in [0.25, 0.3) is 0 Å². The van der Waals surface area contributed by atoms with E-state index in [-0.39, 0.29) is 18.1 Å². The van der Waals surface area contributed by atoms with Crippen molar-refractivity contribution < 1.29 is 9.53 Å². The maximum absolute atomic E-state index is 12.4. The summed E-state index contributed by atoms with van der Waals surface area (Å²) in [4.78, 5) is 16.8. The summed E-state index contributed by atoms with van der Waals surface area (Å²) in [6.45, 7) is 4.88. The summed E-state index contributed by atoms with van der Waals surface area (Å²) >= 11 is 0. The van der Waals surface area contributed by atoms with Gasteiger partial charge in [-0.05, 0) is 24.8 Å². The number of ether oxygens (including phenoxy) is 1. The van der Waals surface area contributed by atoms with Crippen molar-refractivity contribution >= 4 is 5.91 Å². The van der Waals surface area contributed by atoms with Crippen molar-refractivity contribution in [2.24, 2.45) is 13.0 Å². The Bertz CT molecular complexity index is 676. The SMILES string of the molecule is CC(C)Cc1cc(C(=O)N[C@H]2CCO[C@@H]2c2nccn2C)n[nH]1. The Kier molecular flexibility index (Phi) is 4.47. The number of rotatable bonds is 5. The van der Waals surface area contributed by atoms with Crippen molar-refractivity contribution in [1.82, 2.24) is 25.1 Å². The Balaban J connectivity index is 1.67. The van der Waals surface area contributed by atoms with Crippen LogP contribution in [-0.2, 0) is 18.2 Å². The zero-order valence-electron chi connectivity index (χ0n) is 13.7. The van der Waals surface area contributed by atoms with Gasteiger partial charge in [0.25, 0.3) is 5.91 Å². The monoisotopic (exact) mass is 317 g/mol. The van der Waals surface area contributed by atoms with E-state index in [1.165, 1.54) is 0 Å². The molecule has 0 saturated carbocycles. The van der Waals surface area contributed by atoms with Gasteiger partial charge in [0.1, 0.15) is 17.6 Å². The van der Waals surface area contributed by atoms with Gasteiger partial charge in [0, 0.05) is 31.7 Å². The predicted octanol–water partition coefficient (Wildman–Crippen LogP) is 1.60. The number of carbonyl (C=O) groups excluding carboxylic acids is 1. The van der Waals surface area contributed by atoms with Gasteiger partial charge in [0.15, 0.2) is 0 Å². The van der Waals surface area contributed by atoms with Crippen LogP contribution in [0.5, 0.6) is 0 Å². The number of aryl methyl sites for hydroxylation is 1. The number of aromatic amines is 1. The molecule has 2 N–H and O–H groups in total. The first-order chi connectivity index (χ1) is 11.0. The topological polar surface area (TPSA) is 84.8 Å². The average Bonchev–Trinajstić information content (AvgIpc) is 3.19. The third-order valence-electron chi connectivity index (χ3n) is 4.01. The Labute approximate surface area is 135 Å². The second-order valence-corrected chi connectivity index (χ2v) is 6.43. The van der Waals surface area contributed by atoms with Crippen LogP contribution in [0, 0.1) is 5.92 Å². The zero-order chi connectivity index (χ0) is 16.4. The smallest absolute Gasteiger partial charge is 0.272 e. The van der Waals surface area contributed by atoms with Crippen molar-refractivity contribution in [3.8, 4) is 0 Å². The van der Waals surface area contributed by atoms with E-state index < -0.39 is 0 Å². The molecule has 0 bridgehead atoms. The summed E-state index contributed by atoms with van der Waals surface area (Å²) in [7, 11) is 1.93. The first kappa shape index (κ1) is 15.7. The third kappa shape index (κ3) is 3.44. The van der Waals surface area contributed by atoms with Gasteiger partial charge in [0.05, 0.1) is 6.04 Å². The summed E-state index contributed by atoms with van der Waals surface area (Å²) in [6.07, 6.45) is 5.05. The molecule has 0 unspecified atom stereocenters. The molecule has 3 heterocycles. The number of nitrogens with one attached hydrogen (secondary N) is 2. The average molecular weight is 317 g/mol. The molecule has 2 aromatic heterocycles. The molecule has 0 aliphatic carbocycles. The van der Waals surface area contributed by atoms with Crippen molar-refractivity contribution in [3.63, 3.8) is 0 Å². The van der Waals surface area contributed by atoms with Gasteiger partial charge in [-0.3, -0.25) is 9.89 Å². The summed E-state index contributed by atoms with van der Waals surface area (Å²) in [5, 5.41) is 10.1. The lowest BCUT2D eigenvalue weighted by Gasteiger charge is -2.19. The molecule has 1 aliphatic rings. The Morgan fingerprint density at radius 2 is 2.39 bits per heavy atom. The number of aromatic nitrogens is 4. The van der Waals surface area contributed by atoms with E-state index in [0.717, 1.165) is 24.4 Å². The van der Waals surface area contributed by atoms with E-state index in [0.29, 0.717) is 18.2 Å². The fourth-order valence-corrected chi connectivity index (χ4v) is 2.91. The molecule has 0 spiro atoms. The van der Waals surface area contributed by atoms with Gasteiger partial charge in [-0.25, -0.2) is 4.98 Å². The molecule has 3 rings (SSSR count). The van der Waals surface area contributed by atoms with Crippen LogP contribution in [0.1, 0.15) is 48.4 Å². The van der Waals surface area contributed by atoms with Crippen LogP contribution in [0.2, 0.25) is 0 Å². The van der Waals surface area contributed by atoms with Gasteiger partial charge >= 0.3 is 0 Å². The van der Waals surface area contributed by atoms with Gasteiger partial charge in [-0.15, -0.1) is 0 Å². The van der Waals surface area contributed by atoms with Crippen LogP contribution >= 0.6 is 0 Å². The number of carbonyl (C=O) groups is 1. The minimum Gasteiger partial charge on any atom is -0.368 e. The molecule has 23 heavy (non-hydrogen) atoms. The molecular formula is C16H23N5O2. The highest BCUT2D eigenvalue weighted by atomic mass is 16.5. The summed E-state index contributed by atoms with van der Waals surface area (Å²) in [6, 6.07) is 1.73. The summed E-state index contributed by atoms with van der Waals surface area (Å²) in [5.74, 6) is 1.17. The van der Waals surface area contributed by atoms with Gasteiger partial charge in [-0.2, -0.15) is 5.10 Å². The Morgan fingerprint density at radius 1 is 1.57 bits per heavy atom. The molecule has 2 aromatic rings. The number of imidazole rings is 1. The van der Waals surface area contributed by atoms with Gasteiger partial charge in [0.2, 0.25) is 0 Å². The lowest BCUT2D eigenvalue weighted by atomic mass is 10.1. The molecule has 7 nitrogen and oxygen atoms in total. The van der Waals surface area contributed by atoms with Crippen molar-refractivity contribution in [2.75, 3.05) is 6.61 Å². The second-order valence-electron chi connectivity index (χ2n) is 6.43. The largest absolute Gasteiger partial charge is 0.368 e. The van der Waals surface area contributed by atoms with E-state index >= 15 is 0 Å². The van der Waals surface area contributed by atoms with Gasteiger partial charge in [-0.1, -0.05) is 13.8 Å². The molecule has 1 amide bonds. The highest BCUT2D eigenvalue weighted by Crippen LogP contribution is 2.27. The van der Waals surface area contributed by atoms with E-state index in [9.17, 15) is 4.79 Å². The molecule has 0 radical (unpaired) electrons. The molecule has 124 valence electrons. The van der Waals surface area contributed by atoms with E-state index in [1.807, 2.05) is 23.9 Å². The highest BCUT2D eigenvalue weighted by Gasteiger charge is 2.34. The fraction of sp³-hybridized carbons (Fsp3) is 0.562.